The summed E-state index contributed by atoms with van der Waals surface area (Å²) in [4.78, 5) is 11.7. The molecule has 3 heteroatoms. The lowest BCUT2D eigenvalue weighted by Crippen LogP contribution is -2.34. The summed E-state index contributed by atoms with van der Waals surface area (Å²) in [5.41, 5.74) is 7.97. The average Bonchev–Trinajstić information content (AvgIpc) is 2.69. The zero-order valence-electron chi connectivity index (χ0n) is 8.70. The Labute approximate surface area is 89.7 Å². The van der Waals surface area contributed by atoms with Crippen LogP contribution in [0.15, 0.2) is 24.3 Å². The van der Waals surface area contributed by atoms with Crippen molar-refractivity contribution >= 4 is 5.91 Å². The number of hydrogen-bond donors (Lipinski definition) is 2. The van der Waals surface area contributed by atoms with Gasteiger partial charge < -0.3 is 11.1 Å². The van der Waals surface area contributed by atoms with Gasteiger partial charge in [-0.2, -0.15) is 0 Å². The molecule has 1 amide bonds. The molecule has 15 heavy (non-hydrogen) atoms. The molecule has 0 unspecified atom stereocenters. The van der Waals surface area contributed by atoms with Gasteiger partial charge >= 0.3 is 0 Å². The van der Waals surface area contributed by atoms with E-state index >= 15 is 0 Å². The van der Waals surface area contributed by atoms with Gasteiger partial charge in [0.25, 0.3) is 0 Å². The zero-order chi connectivity index (χ0) is 10.7. The number of nitrogens with one attached hydrogen (secondary N) is 1. The van der Waals surface area contributed by atoms with Gasteiger partial charge in [-0.05, 0) is 24.0 Å². The fourth-order valence-electron chi connectivity index (χ4n) is 2.08. The molecular formula is C12H16N2O. The predicted octanol–water partition coefficient (Wildman–Crippen LogP) is 0.476. The Bertz CT molecular complexity index is 337. The first-order valence-electron chi connectivity index (χ1n) is 5.36. The van der Waals surface area contributed by atoms with E-state index < -0.39 is 0 Å². The summed E-state index contributed by atoms with van der Waals surface area (Å²) in [5, 5.41) is 2.85. The third kappa shape index (κ3) is 2.18. The maximum Gasteiger partial charge on any atom is 0.223 e. The number of amides is 1. The molecule has 80 valence electrons. The van der Waals surface area contributed by atoms with Crippen LogP contribution in [0.4, 0.5) is 0 Å². The number of benzene rings is 1. The van der Waals surface area contributed by atoms with Crippen molar-refractivity contribution in [2.24, 2.45) is 11.7 Å². The fourth-order valence-corrected chi connectivity index (χ4v) is 2.08. The molecule has 1 aliphatic rings. The lowest BCUT2D eigenvalue weighted by Gasteiger charge is -2.08. The molecular weight excluding hydrogens is 188 g/mol. The highest BCUT2D eigenvalue weighted by Gasteiger charge is 2.26. The lowest BCUT2D eigenvalue weighted by atomic mass is 10.1. The van der Waals surface area contributed by atoms with Crippen LogP contribution in [0, 0.1) is 5.92 Å². The highest BCUT2D eigenvalue weighted by atomic mass is 16.1. The Balaban J connectivity index is 1.98. The van der Waals surface area contributed by atoms with E-state index in [4.69, 9.17) is 5.73 Å². The molecule has 0 bridgehead atoms. The first-order chi connectivity index (χ1) is 7.31. The van der Waals surface area contributed by atoms with Crippen LogP contribution >= 0.6 is 0 Å². The molecule has 3 nitrogen and oxygen atoms in total. The highest BCUT2D eigenvalue weighted by molar-refractivity contribution is 5.80. The average molecular weight is 204 g/mol. The Morgan fingerprint density at radius 2 is 1.93 bits per heavy atom. The van der Waals surface area contributed by atoms with Crippen LogP contribution in [0.25, 0.3) is 0 Å². The molecule has 0 atom stereocenters. The Hall–Kier alpha value is -1.35. The van der Waals surface area contributed by atoms with E-state index in [1.165, 1.54) is 11.1 Å². The third-order valence-electron chi connectivity index (χ3n) is 2.87. The minimum absolute atomic E-state index is 0.106. The maximum absolute atomic E-state index is 11.7. The van der Waals surface area contributed by atoms with Crippen LogP contribution in [0.3, 0.4) is 0 Å². The fraction of sp³-hybridized carbons (Fsp3) is 0.417. The molecule has 0 saturated heterocycles. The van der Waals surface area contributed by atoms with Crippen LogP contribution in [-0.4, -0.2) is 19.0 Å². The van der Waals surface area contributed by atoms with Gasteiger partial charge in [-0.3, -0.25) is 4.79 Å². The van der Waals surface area contributed by atoms with Gasteiger partial charge in [0.1, 0.15) is 0 Å². The number of carbonyl (C=O) groups is 1. The molecule has 0 aromatic heterocycles. The largest absolute Gasteiger partial charge is 0.355 e. The van der Waals surface area contributed by atoms with E-state index in [1.807, 2.05) is 12.1 Å². The summed E-state index contributed by atoms with van der Waals surface area (Å²) in [5.74, 6) is 0.241. The monoisotopic (exact) mass is 204 g/mol. The first kappa shape index (κ1) is 10.2. The second-order valence-corrected chi connectivity index (χ2v) is 3.95. The van der Waals surface area contributed by atoms with Crippen LogP contribution in [-0.2, 0) is 17.6 Å². The van der Waals surface area contributed by atoms with Crippen molar-refractivity contribution in [3.63, 3.8) is 0 Å². The van der Waals surface area contributed by atoms with Crippen molar-refractivity contribution in [2.75, 3.05) is 13.1 Å². The summed E-state index contributed by atoms with van der Waals surface area (Å²) < 4.78 is 0. The van der Waals surface area contributed by atoms with Crippen molar-refractivity contribution in [1.29, 1.82) is 0 Å². The van der Waals surface area contributed by atoms with E-state index in [-0.39, 0.29) is 11.8 Å². The summed E-state index contributed by atoms with van der Waals surface area (Å²) >= 11 is 0. The Morgan fingerprint density at radius 1 is 1.33 bits per heavy atom. The van der Waals surface area contributed by atoms with Gasteiger partial charge in [-0.1, -0.05) is 24.3 Å². The van der Waals surface area contributed by atoms with E-state index in [2.05, 4.69) is 17.4 Å². The molecule has 1 aliphatic carbocycles. The quantitative estimate of drug-likeness (QED) is 0.752. The Morgan fingerprint density at radius 3 is 2.47 bits per heavy atom. The van der Waals surface area contributed by atoms with Gasteiger partial charge in [0.2, 0.25) is 5.91 Å². The summed E-state index contributed by atoms with van der Waals surface area (Å²) in [6.07, 6.45) is 1.74. The number of carbonyl (C=O) groups excluding carboxylic acids is 1. The van der Waals surface area contributed by atoms with Gasteiger partial charge in [0, 0.05) is 19.0 Å². The lowest BCUT2D eigenvalue weighted by molar-refractivity contribution is -0.124. The minimum Gasteiger partial charge on any atom is -0.355 e. The molecule has 3 N–H and O–H groups in total. The molecule has 1 aromatic carbocycles. The van der Waals surface area contributed by atoms with Crippen molar-refractivity contribution in [3.05, 3.63) is 35.4 Å². The molecule has 0 saturated carbocycles. The molecule has 0 radical (unpaired) electrons. The third-order valence-corrected chi connectivity index (χ3v) is 2.87. The zero-order valence-corrected chi connectivity index (χ0v) is 8.70. The van der Waals surface area contributed by atoms with Gasteiger partial charge in [-0.15, -0.1) is 0 Å². The van der Waals surface area contributed by atoms with Gasteiger partial charge in [0.15, 0.2) is 0 Å². The van der Waals surface area contributed by atoms with E-state index in [0.29, 0.717) is 13.1 Å². The van der Waals surface area contributed by atoms with Crippen LogP contribution in [0.5, 0.6) is 0 Å². The van der Waals surface area contributed by atoms with Crippen molar-refractivity contribution in [3.8, 4) is 0 Å². The highest BCUT2D eigenvalue weighted by Crippen LogP contribution is 2.26. The Kier molecular flexibility index (Phi) is 3.02. The maximum atomic E-state index is 11.7. The molecule has 0 aliphatic heterocycles. The number of rotatable bonds is 3. The second-order valence-electron chi connectivity index (χ2n) is 3.95. The molecule has 0 spiro atoms. The van der Waals surface area contributed by atoms with E-state index in [0.717, 1.165) is 12.8 Å². The normalized spacial score (nSPS) is 15.0. The number of hydrogen-bond acceptors (Lipinski definition) is 2. The summed E-state index contributed by atoms with van der Waals surface area (Å²) in [6.45, 7) is 1.08. The van der Waals surface area contributed by atoms with Crippen LogP contribution < -0.4 is 11.1 Å². The first-order valence-corrected chi connectivity index (χ1v) is 5.36. The van der Waals surface area contributed by atoms with E-state index in [1.54, 1.807) is 0 Å². The van der Waals surface area contributed by atoms with Crippen molar-refractivity contribution < 1.29 is 4.79 Å². The summed E-state index contributed by atoms with van der Waals surface area (Å²) in [7, 11) is 0. The smallest absolute Gasteiger partial charge is 0.223 e. The second kappa shape index (κ2) is 4.45. The van der Waals surface area contributed by atoms with Gasteiger partial charge in [0.05, 0.1) is 0 Å². The molecule has 1 aromatic rings. The molecule has 2 rings (SSSR count). The van der Waals surface area contributed by atoms with Crippen LogP contribution in [0.1, 0.15) is 11.1 Å². The van der Waals surface area contributed by atoms with Crippen LogP contribution in [0.2, 0.25) is 0 Å². The summed E-state index contributed by atoms with van der Waals surface area (Å²) in [6, 6.07) is 8.26. The number of fused-ring (bicyclic) bond motifs is 1. The van der Waals surface area contributed by atoms with Gasteiger partial charge in [-0.25, -0.2) is 0 Å². The van der Waals surface area contributed by atoms with E-state index in [9.17, 15) is 4.79 Å². The van der Waals surface area contributed by atoms with Crippen molar-refractivity contribution in [1.82, 2.24) is 5.32 Å². The topological polar surface area (TPSA) is 55.1 Å². The standard InChI is InChI=1S/C12H16N2O/c13-5-6-14-12(15)11-7-9-3-1-2-4-10(9)8-11/h1-4,11H,5-8,13H2,(H,14,15). The molecule has 0 fully saturated rings. The van der Waals surface area contributed by atoms with Crippen molar-refractivity contribution in [2.45, 2.75) is 12.8 Å². The molecule has 0 heterocycles. The SMILES string of the molecule is NCCNC(=O)C1Cc2ccccc2C1. The number of nitrogens with two attached hydrogens (primary N) is 1. The minimum atomic E-state index is 0.106. The predicted molar refractivity (Wildman–Crippen MR) is 59.4 cm³/mol.